The topological polar surface area (TPSA) is 64.3 Å². The van der Waals surface area contributed by atoms with E-state index in [1.54, 1.807) is 7.11 Å². The average Bonchev–Trinajstić information content (AvgIpc) is 2.80. The molecule has 0 spiro atoms. The number of ether oxygens (including phenoxy) is 1. The second-order valence-electron chi connectivity index (χ2n) is 5.88. The van der Waals surface area contributed by atoms with Gasteiger partial charge in [0.1, 0.15) is 5.75 Å². The van der Waals surface area contributed by atoms with Crippen LogP contribution in [0.15, 0.2) is 12.1 Å². The van der Waals surface area contributed by atoms with Gasteiger partial charge in [0.2, 0.25) is 5.91 Å². The van der Waals surface area contributed by atoms with Gasteiger partial charge in [-0.3, -0.25) is 4.79 Å². The fourth-order valence-electron chi connectivity index (χ4n) is 3.05. The highest BCUT2D eigenvalue weighted by Gasteiger charge is 2.31. The minimum atomic E-state index is -0.313. The Morgan fingerprint density at radius 2 is 2.00 bits per heavy atom. The first kappa shape index (κ1) is 14.9. The zero-order valence-electron chi connectivity index (χ0n) is 12.6. The molecule has 0 bridgehead atoms. The van der Waals surface area contributed by atoms with E-state index in [-0.39, 0.29) is 11.4 Å². The van der Waals surface area contributed by atoms with E-state index in [2.05, 4.69) is 5.32 Å². The summed E-state index contributed by atoms with van der Waals surface area (Å²) < 4.78 is 5.38. The molecule has 1 fully saturated rings. The Balaban J connectivity index is 2.08. The van der Waals surface area contributed by atoms with Crippen molar-refractivity contribution in [2.45, 2.75) is 51.5 Å². The highest BCUT2D eigenvalue weighted by Crippen LogP contribution is 2.32. The summed E-state index contributed by atoms with van der Waals surface area (Å²) >= 11 is 0. The molecule has 1 aliphatic rings. The number of aryl methyl sites for hydroxylation is 1. The molecule has 4 nitrogen and oxygen atoms in total. The summed E-state index contributed by atoms with van der Waals surface area (Å²) in [5.74, 6) is 0.814. The maximum absolute atomic E-state index is 12.2. The van der Waals surface area contributed by atoms with Crippen molar-refractivity contribution in [3.8, 4) is 5.75 Å². The summed E-state index contributed by atoms with van der Waals surface area (Å²) in [6.07, 6.45) is 4.53. The van der Waals surface area contributed by atoms with Crippen LogP contribution in [-0.4, -0.2) is 18.6 Å². The zero-order chi connectivity index (χ0) is 14.8. The molecule has 0 unspecified atom stereocenters. The quantitative estimate of drug-likeness (QED) is 0.888. The third kappa shape index (κ3) is 3.12. The molecule has 1 saturated carbocycles. The van der Waals surface area contributed by atoms with E-state index >= 15 is 0 Å². The molecule has 2 rings (SSSR count). The van der Waals surface area contributed by atoms with Gasteiger partial charge in [-0.1, -0.05) is 18.9 Å². The van der Waals surface area contributed by atoms with Gasteiger partial charge in [-0.15, -0.1) is 0 Å². The zero-order valence-corrected chi connectivity index (χ0v) is 12.6. The molecule has 1 aromatic rings. The monoisotopic (exact) mass is 276 g/mol. The van der Waals surface area contributed by atoms with Crippen molar-refractivity contribution >= 4 is 11.6 Å². The van der Waals surface area contributed by atoms with E-state index in [9.17, 15) is 4.79 Å². The van der Waals surface area contributed by atoms with Gasteiger partial charge in [-0.2, -0.15) is 0 Å². The van der Waals surface area contributed by atoms with Crippen molar-refractivity contribution in [1.29, 1.82) is 0 Å². The van der Waals surface area contributed by atoms with Gasteiger partial charge in [0.15, 0.2) is 0 Å². The third-order valence-corrected chi connectivity index (χ3v) is 4.19. The van der Waals surface area contributed by atoms with E-state index < -0.39 is 0 Å². The summed E-state index contributed by atoms with van der Waals surface area (Å²) in [6, 6.07) is 3.87. The molecule has 0 heterocycles. The number of methoxy groups -OCH3 is 1. The lowest BCUT2D eigenvalue weighted by atomic mass is 9.94. The summed E-state index contributed by atoms with van der Waals surface area (Å²) in [6.45, 7) is 3.94. The van der Waals surface area contributed by atoms with Crippen LogP contribution in [0.5, 0.6) is 5.75 Å². The minimum absolute atomic E-state index is 0.0107. The van der Waals surface area contributed by atoms with E-state index in [1.807, 2.05) is 26.0 Å². The summed E-state index contributed by atoms with van der Waals surface area (Å²) in [5.41, 5.74) is 8.76. The normalized spacial score (nSPS) is 17.0. The predicted molar refractivity (Wildman–Crippen MR) is 81.1 cm³/mol. The molecule has 3 N–H and O–H groups in total. The van der Waals surface area contributed by atoms with Crippen molar-refractivity contribution in [2.75, 3.05) is 12.4 Å². The van der Waals surface area contributed by atoms with Crippen molar-refractivity contribution < 1.29 is 9.53 Å². The van der Waals surface area contributed by atoms with Gasteiger partial charge in [0, 0.05) is 23.2 Å². The number of benzene rings is 1. The maximum atomic E-state index is 12.2. The lowest BCUT2D eigenvalue weighted by molar-refractivity contribution is -0.117. The molecule has 20 heavy (non-hydrogen) atoms. The van der Waals surface area contributed by atoms with E-state index in [0.717, 1.165) is 48.2 Å². The van der Waals surface area contributed by atoms with E-state index in [0.29, 0.717) is 6.42 Å². The Morgan fingerprint density at radius 1 is 1.35 bits per heavy atom. The number of anilines is 1. The molecule has 0 aromatic heterocycles. The van der Waals surface area contributed by atoms with Crippen LogP contribution in [0.1, 0.15) is 43.2 Å². The molecule has 0 radical (unpaired) electrons. The Labute approximate surface area is 120 Å². The van der Waals surface area contributed by atoms with Crippen LogP contribution in [0.3, 0.4) is 0 Å². The van der Waals surface area contributed by atoms with Crippen LogP contribution >= 0.6 is 0 Å². The lowest BCUT2D eigenvalue weighted by Crippen LogP contribution is -2.40. The van der Waals surface area contributed by atoms with Crippen LogP contribution in [0.25, 0.3) is 0 Å². The van der Waals surface area contributed by atoms with Crippen molar-refractivity contribution in [3.05, 3.63) is 23.3 Å². The van der Waals surface area contributed by atoms with E-state index in [1.165, 1.54) is 0 Å². The predicted octanol–water partition coefficient (Wildman–Crippen LogP) is 2.91. The summed E-state index contributed by atoms with van der Waals surface area (Å²) in [5, 5.41) is 2.97. The average molecular weight is 276 g/mol. The molecule has 1 aromatic carbocycles. The number of nitrogens with one attached hydrogen (secondary N) is 1. The molecule has 0 atom stereocenters. The van der Waals surface area contributed by atoms with Crippen LogP contribution in [0.4, 0.5) is 5.69 Å². The number of nitrogens with two attached hydrogens (primary N) is 1. The standard InChI is InChI=1S/C16H24N2O2/c1-11-6-7-13(12(2)15(11)20-3)18-14(19)10-16(17)8-4-5-9-16/h6-7H,4-5,8-10,17H2,1-3H3,(H,18,19). The highest BCUT2D eigenvalue weighted by atomic mass is 16.5. The fraction of sp³-hybridized carbons (Fsp3) is 0.562. The number of hydrogen-bond acceptors (Lipinski definition) is 3. The highest BCUT2D eigenvalue weighted by molar-refractivity contribution is 5.92. The number of amides is 1. The maximum Gasteiger partial charge on any atom is 0.226 e. The van der Waals surface area contributed by atoms with Crippen LogP contribution in [-0.2, 0) is 4.79 Å². The smallest absolute Gasteiger partial charge is 0.226 e. The Kier molecular flexibility index (Phi) is 4.33. The minimum Gasteiger partial charge on any atom is -0.496 e. The molecule has 1 aliphatic carbocycles. The fourth-order valence-corrected chi connectivity index (χ4v) is 3.05. The number of hydrogen-bond donors (Lipinski definition) is 2. The molecule has 1 amide bonds. The van der Waals surface area contributed by atoms with Crippen LogP contribution in [0, 0.1) is 13.8 Å². The molecule has 110 valence electrons. The largest absolute Gasteiger partial charge is 0.496 e. The van der Waals surface area contributed by atoms with Gasteiger partial charge in [-0.25, -0.2) is 0 Å². The number of rotatable bonds is 4. The third-order valence-electron chi connectivity index (χ3n) is 4.19. The van der Waals surface area contributed by atoms with Crippen LogP contribution < -0.4 is 15.8 Å². The Hall–Kier alpha value is -1.55. The van der Waals surface area contributed by atoms with Gasteiger partial charge in [-0.05, 0) is 38.3 Å². The first-order valence-electron chi connectivity index (χ1n) is 7.18. The van der Waals surface area contributed by atoms with E-state index in [4.69, 9.17) is 10.5 Å². The summed E-state index contributed by atoms with van der Waals surface area (Å²) in [7, 11) is 1.65. The van der Waals surface area contributed by atoms with Crippen LogP contribution in [0.2, 0.25) is 0 Å². The molecule has 0 saturated heterocycles. The van der Waals surface area contributed by atoms with Gasteiger partial charge < -0.3 is 15.8 Å². The SMILES string of the molecule is COc1c(C)ccc(NC(=O)CC2(N)CCCC2)c1C. The van der Waals surface area contributed by atoms with Crippen molar-refractivity contribution in [2.24, 2.45) is 5.73 Å². The first-order valence-corrected chi connectivity index (χ1v) is 7.18. The Morgan fingerprint density at radius 3 is 2.60 bits per heavy atom. The molecule has 4 heteroatoms. The first-order chi connectivity index (χ1) is 9.45. The Bertz CT molecular complexity index is 505. The molecule has 0 aliphatic heterocycles. The number of carbonyl (C=O) groups excluding carboxylic acids is 1. The second-order valence-corrected chi connectivity index (χ2v) is 5.88. The van der Waals surface area contributed by atoms with Gasteiger partial charge in [0.25, 0.3) is 0 Å². The van der Waals surface area contributed by atoms with Gasteiger partial charge in [0.05, 0.1) is 7.11 Å². The number of carbonyl (C=O) groups is 1. The molecular formula is C16H24N2O2. The second kappa shape index (κ2) is 5.83. The molecular weight excluding hydrogens is 252 g/mol. The van der Waals surface area contributed by atoms with Gasteiger partial charge >= 0.3 is 0 Å². The summed E-state index contributed by atoms with van der Waals surface area (Å²) in [4.78, 5) is 12.2. The van der Waals surface area contributed by atoms with Crippen molar-refractivity contribution in [1.82, 2.24) is 0 Å². The lowest BCUT2D eigenvalue weighted by Gasteiger charge is -2.23. The van der Waals surface area contributed by atoms with Crippen molar-refractivity contribution in [3.63, 3.8) is 0 Å².